The maximum Gasteiger partial charge on any atom is 0.217 e. The van der Waals surface area contributed by atoms with Crippen LogP contribution in [0.4, 0.5) is 0 Å². The summed E-state index contributed by atoms with van der Waals surface area (Å²) >= 11 is 0. The summed E-state index contributed by atoms with van der Waals surface area (Å²) in [6.07, 6.45) is -0.882. The van der Waals surface area contributed by atoms with Crippen molar-refractivity contribution < 1.29 is 15.0 Å². The van der Waals surface area contributed by atoms with Gasteiger partial charge in [-0.1, -0.05) is 72.3 Å². The predicted molar refractivity (Wildman–Crippen MR) is 143 cm³/mol. The van der Waals surface area contributed by atoms with Gasteiger partial charge in [0.15, 0.2) is 0 Å². The topological polar surface area (TPSA) is 85.3 Å². The minimum Gasteiger partial charge on any atom is -0.511 e. The molecule has 0 radical (unpaired) electrons. The molecule has 1 aliphatic rings. The Hall–Kier alpha value is -3.83. The summed E-state index contributed by atoms with van der Waals surface area (Å²) in [4.78, 5) is 15.4. The lowest BCUT2D eigenvalue weighted by Gasteiger charge is -2.48. The van der Waals surface area contributed by atoms with E-state index in [0.29, 0.717) is 12.1 Å². The summed E-state index contributed by atoms with van der Waals surface area (Å²) in [5.74, 6) is -0.333. The van der Waals surface area contributed by atoms with E-state index in [4.69, 9.17) is 0 Å². The normalized spacial score (nSPS) is 20.3. The van der Waals surface area contributed by atoms with Crippen LogP contribution >= 0.6 is 0 Å². The average Bonchev–Trinajstić information content (AvgIpc) is 3.22. The molecule has 5 nitrogen and oxygen atoms in total. The number of benzene rings is 3. The summed E-state index contributed by atoms with van der Waals surface area (Å²) in [6.45, 7) is 7.79. The molecule has 3 aromatic carbocycles. The molecule has 0 spiro atoms. The summed E-state index contributed by atoms with van der Waals surface area (Å²) in [6, 6.07) is 24.0. The van der Waals surface area contributed by atoms with Gasteiger partial charge in [0, 0.05) is 41.2 Å². The highest BCUT2D eigenvalue weighted by Gasteiger charge is 2.54. The number of hydrogen-bond acceptors (Lipinski definition) is 3. The standard InChI is InChI=1S/C31H32N2O3/c1-18-10-13-22(14-11-18)31(4)29(35)27(30(31)36)26(21-8-6-5-7-9-21)28-24(17-32-20(3)34)23-15-12-19(2)16-25(23)33-28/h5-16,26,29,33,35-36H,17H2,1-4H3,(H,32,34). The Bertz CT molecular complexity index is 1470. The largest absolute Gasteiger partial charge is 0.511 e. The summed E-state index contributed by atoms with van der Waals surface area (Å²) in [5, 5.41) is 27.2. The van der Waals surface area contributed by atoms with Crippen LogP contribution in [0.2, 0.25) is 0 Å². The quantitative estimate of drug-likeness (QED) is 0.286. The molecule has 4 N–H and O–H groups in total. The molecule has 3 unspecified atom stereocenters. The van der Waals surface area contributed by atoms with Gasteiger partial charge in [0.1, 0.15) is 5.76 Å². The van der Waals surface area contributed by atoms with E-state index in [1.54, 1.807) is 0 Å². The second-order valence-corrected chi connectivity index (χ2v) is 10.1. The van der Waals surface area contributed by atoms with E-state index in [0.717, 1.165) is 44.4 Å². The second-order valence-electron chi connectivity index (χ2n) is 10.1. The molecule has 3 atom stereocenters. The number of H-pyrrole nitrogens is 1. The van der Waals surface area contributed by atoms with E-state index in [9.17, 15) is 15.0 Å². The van der Waals surface area contributed by atoms with Gasteiger partial charge in [-0.15, -0.1) is 0 Å². The predicted octanol–water partition coefficient (Wildman–Crippen LogP) is 5.70. The smallest absolute Gasteiger partial charge is 0.217 e. The Morgan fingerprint density at radius 3 is 2.33 bits per heavy atom. The molecule has 1 amide bonds. The van der Waals surface area contributed by atoms with Crippen molar-refractivity contribution in [2.75, 3.05) is 0 Å². The third-order valence-electron chi connectivity index (χ3n) is 7.60. The van der Waals surface area contributed by atoms with E-state index < -0.39 is 17.4 Å². The van der Waals surface area contributed by atoms with Gasteiger partial charge in [0.05, 0.1) is 17.4 Å². The monoisotopic (exact) mass is 480 g/mol. The minimum absolute atomic E-state index is 0.114. The van der Waals surface area contributed by atoms with E-state index in [1.165, 1.54) is 6.92 Å². The molecule has 184 valence electrons. The van der Waals surface area contributed by atoms with Crippen molar-refractivity contribution in [1.82, 2.24) is 10.3 Å². The molecule has 0 aliphatic heterocycles. The number of carbonyl (C=O) groups excluding carboxylic acids is 1. The average molecular weight is 481 g/mol. The van der Waals surface area contributed by atoms with Crippen molar-refractivity contribution in [2.24, 2.45) is 0 Å². The number of aromatic nitrogens is 1. The zero-order chi connectivity index (χ0) is 25.6. The molecule has 0 saturated carbocycles. The molecule has 1 heterocycles. The summed E-state index contributed by atoms with van der Waals surface area (Å²) in [7, 11) is 0. The first-order valence-corrected chi connectivity index (χ1v) is 12.3. The lowest BCUT2D eigenvalue weighted by molar-refractivity contribution is -0.119. The number of rotatable bonds is 6. The van der Waals surface area contributed by atoms with Gasteiger partial charge in [-0.05, 0) is 43.5 Å². The van der Waals surface area contributed by atoms with Gasteiger partial charge in [-0.3, -0.25) is 4.79 Å². The number of aromatic amines is 1. The fourth-order valence-electron chi connectivity index (χ4n) is 5.47. The van der Waals surface area contributed by atoms with Crippen LogP contribution in [0.5, 0.6) is 0 Å². The Kier molecular flexibility index (Phi) is 5.97. The van der Waals surface area contributed by atoms with Crippen molar-refractivity contribution in [3.63, 3.8) is 0 Å². The van der Waals surface area contributed by atoms with Crippen molar-refractivity contribution in [3.8, 4) is 0 Å². The van der Waals surface area contributed by atoms with Gasteiger partial charge in [-0.2, -0.15) is 0 Å². The van der Waals surface area contributed by atoms with Gasteiger partial charge < -0.3 is 20.5 Å². The molecule has 1 aromatic heterocycles. The third-order valence-corrected chi connectivity index (χ3v) is 7.60. The van der Waals surface area contributed by atoms with Crippen LogP contribution in [-0.4, -0.2) is 27.2 Å². The molecule has 0 bridgehead atoms. The van der Waals surface area contributed by atoms with Crippen LogP contribution < -0.4 is 5.32 Å². The number of hydrogen-bond donors (Lipinski definition) is 4. The van der Waals surface area contributed by atoms with Crippen molar-refractivity contribution in [3.05, 3.63) is 118 Å². The van der Waals surface area contributed by atoms with Crippen molar-refractivity contribution in [1.29, 1.82) is 0 Å². The number of fused-ring (bicyclic) bond motifs is 1. The van der Waals surface area contributed by atoms with E-state index in [1.807, 2.05) is 75.4 Å². The SMILES string of the molecule is CC(=O)NCc1c(C(C2=C(O)C(C)(c3ccc(C)cc3)C2O)c2ccccc2)[nH]c2cc(C)ccc12. The number of nitrogens with one attached hydrogen (secondary N) is 2. The van der Waals surface area contributed by atoms with Crippen LogP contribution in [0.25, 0.3) is 10.9 Å². The molecule has 4 aromatic rings. The van der Waals surface area contributed by atoms with Crippen LogP contribution in [0.15, 0.2) is 84.1 Å². The maximum absolute atomic E-state index is 11.8. The molecular weight excluding hydrogens is 448 g/mol. The number of aliphatic hydroxyl groups is 2. The minimum atomic E-state index is -0.892. The van der Waals surface area contributed by atoms with Gasteiger partial charge in [0.25, 0.3) is 0 Å². The van der Waals surface area contributed by atoms with E-state index >= 15 is 0 Å². The molecule has 5 heteroatoms. The third kappa shape index (κ3) is 3.80. The van der Waals surface area contributed by atoms with Gasteiger partial charge in [-0.25, -0.2) is 0 Å². The summed E-state index contributed by atoms with van der Waals surface area (Å²) in [5.41, 5.74) is 6.53. The fourth-order valence-corrected chi connectivity index (χ4v) is 5.47. The van der Waals surface area contributed by atoms with Gasteiger partial charge >= 0.3 is 0 Å². The highest BCUT2D eigenvalue weighted by molar-refractivity contribution is 5.86. The fraction of sp³-hybridized carbons (Fsp3) is 0.258. The Balaban J connectivity index is 1.72. The van der Waals surface area contributed by atoms with Crippen molar-refractivity contribution in [2.45, 2.75) is 51.7 Å². The number of carbonyl (C=O) groups is 1. The van der Waals surface area contributed by atoms with Crippen LogP contribution in [-0.2, 0) is 16.8 Å². The molecular formula is C31H32N2O3. The van der Waals surface area contributed by atoms with E-state index in [2.05, 4.69) is 28.5 Å². The second kappa shape index (κ2) is 8.99. The zero-order valence-electron chi connectivity index (χ0n) is 21.1. The zero-order valence-corrected chi connectivity index (χ0v) is 21.1. The lowest BCUT2D eigenvalue weighted by Crippen LogP contribution is -2.51. The highest BCUT2D eigenvalue weighted by atomic mass is 16.3. The Morgan fingerprint density at radius 2 is 1.69 bits per heavy atom. The molecule has 36 heavy (non-hydrogen) atoms. The first-order valence-electron chi connectivity index (χ1n) is 12.3. The molecule has 0 saturated heterocycles. The van der Waals surface area contributed by atoms with Crippen LogP contribution in [0.3, 0.4) is 0 Å². The number of aryl methyl sites for hydroxylation is 2. The van der Waals surface area contributed by atoms with Crippen molar-refractivity contribution >= 4 is 16.8 Å². The number of aliphatic hydroxyl groups excluding tert-OH is 2. The van der Waals surface area contributed by atoms with Crippen LogP contribution in [0.1, 0.15) is 53.3 Å². The lowest BCUT2D eigenvalue weighted by atomic mass is 9.59. The Labute approximate surface area is 211 Å². The first-order chi connectivity index (χ1) is 17.2. The highest BCUT2D eigenvalue weighted by Crippen LogP contribution is 2.54. The molecule has 1 aliphatic carbocycles. The number of amides is 1. The molecule has 5 rings (SSSR count). The Morgan fingerprint density at radius 1 is 1.03 bits per heavy atom. The first kappa shape index (κ1) is 23.9. The summed E-state index contributed by atoms with van der Waals surface area (Å²) < 4.78 is 0. The van der Waals surface area contributed by atoms with E-state index in [-0.39, 0.29) is 11.7 Å². The maximum atomic E-state index is 11.8. The van der Waals surface area contributed by atoms with Gasteiger partial charge in [0.2, 0.25) is 5.91 Å². The van der Waals surface area contributed by atoms with Crippen LogP contribution in [0, 0.1) is 13.8 Å². The molecule has 0 fully saturated rings.